The number of nitrogens with one attached hydrogen (secondary N) is 1. The van der Waals surface area contributed by atoms with Gasteiger partial charge in [-0.05, 0) is 48.7 Å². The number of rotatable bonds is 4. The number of esters is 1. The number of nitrogens with zero attached hydrogens (tertiary/aromatic N) is 2. The van der Waals surface area contributed by atoms with Gasteiger partial charge < -0.3 is 10.5 Å². The molecule has 11 heteroatoms. The third kappa shape index (κ3) is 6.42. The molecule has 2 heterocycles. The summed E-state index contributed by atoms with van der Waals surface area (Å²) in [5.41, 5.74) is 9.42. The fourth-order valence-corrected chi connectivity index (χ4v) is 3.58. The summed E-state index contributed by atoms with van der Waals surface area (Å²) in [6, 6.07) is 2.97. The monoisotopic (exact) mass is 478 g/mol. The second kappa shape index (κ2) is 11.7. The van der Waals surface area contributed by atoms with Crippen molar-refractivity contribution in [2.75, 3.05) is 13.1 Å². The Morgan fingerprint density at radius 1 is 1.37 bits per heavy atom. The van der Waals surface area contributed by atoms with Gasteiger partial charge in [0.2, 0.25) is 0 Å². The van der Waals surface area contributed by atoms with Crippen molar-refractivity contribution >= 4 is 59.7 Å². The molecule has 0 bridgehead atoms. The van der Waals surface area contributed by atoms with Crippen molar-refractivity contribution in [3.63, 3.8) is 0 Å². The van der Waals surface area contributed by atoms with Crippen LogP contribution in [0.3, 0.4) is 0 Å². The SMILES string of the molecule is CC(C)[C@@H](N)C(=O)Oc1cc(F)ccc1/C=C1/SC(N2CCCCN2)=NC1=O.Cl.Cl. The average molecular weight is 479 g/mol. The lowest BCUT2D eigenvalue weighted by atomic mass is 10.1. The highest BCUT2D eigenvalue weighted by Crippen LogP contribution is 2.33. The Morgan fingerprint density at radius 3 is 2.73 bits per heavy atom. The lowest BCUT2D eigenvalue weighted by Gasteiger charge is -2.28. The number of amides is 1. The Labute approximate surface area is 191 Å². The first-order chi connectivity index (χ1) is 13.3. The summed E-state index contributed by atoms with van der Waals surface area (Å²) < 4.78 is 19.0. The van der Waals surface area contributed by atoms with Crippen LogP contribution in [0.2, 0.25) is 0 Å². The summed E-state index contributed by atoms with van der Waals surface area (Å²) in [7, 11) is 0. The Morgan fingerprint density at radius 2 is 2.10 bits per heavy atom. The number of hydrogen-bond donors (Lipinski definition) is 2. The number of benzene rings is 1. The Balaban J connectivity index is 0.00000225. The Kier molecular flexibility index (Phi) is 10.3. The van der Waals surface area contributed by atoms with Crippen LogP contribution >= 0.6 is 36.6 Å². The highest BCUT2D eigenvalue weighted by atomic mass is 35.5. The van der Waals surface area contributed by atoms with E-state index in [0.717, 1.165) is 32.0 Å². The number of nitrogens with two attached hydrogens (primary N) is 1. The smallest absolute Gasteiger partial charge is 0.328 e. The van der Waals surface area contributed by atoms with Crippen LogP contribution < -0.4 is 15.9 Å². The Hall–Kier alpha value is -1.65. The van der Waals surface area contributed by atoms with Crippen molar-refractivity contribution in [3.05, 3.63) is 34.5 Å². The zero-order valence-electron chi connectivity index (χ0n) is 16.6. The van der Waals surface area contributed by atoms with Crippen molar-refractivity contribution in [1.82, 2.24) is 10.4 Å². The second-order valence-corrected chi connectivity index (χ2v) is 7.96. The van der Waals surface area contributed by atoms with Gasteiger partial charge in [0, 0.05) is 24.7 Å². The van der Waals surface area contributed by atoms with E-state index in [2.05, 4.69) is 10.4 Å². The lowest BCUT2D eigenvalue weighted by molar-refractivity contribution is -0.136. The van der Waals surface area contributed by atoms with Gasteiger partial charge in [0.15, 0.2) is 5.17 Å². The Bertz CT molecular complexity index is 845. The van der Waals surface area contributed by atoms with E-state index >= 15 is 0 Å². The zero-order valence-corrected chi connectivity index (χ0v) is 19.0. The van der Waals surface area contributed by atoms with Crippen LogP contribution in [0, 0.1) is 11.7 Å². The molecule has 2 aliphatic heterocycles. The molecule has 3 rings (SSSR count). The maximum Gasteiger partial charge on any atom is 0.328 e. The van der Waals surface area contributed by atoms with Gasteiger partial charge in [-0.25, -0.2) is 14.6 Å². The molecule has 1 aromatic carbocycles. The maximum absolute atomic E-state index is 13.7. The molecular weight excluding hydrogens is 454 g/mol. The fourth-order valence-electron chi connectivity index (χ4n) is 2.67. The van der Waals surface area contributed by atoms with Gasteiger partial charge in [-0.1, -0.05) is 13.8 Å². The van der Waals surface area contributed by atoms with Crippen molar-refractivity contribution < 1.29 is 18.7 Å². The zero-order chi connectivity index (χ0) is 20.3. The summed E-state index contributed by atoms with van der Waals surface area (Å²) >= 11 is 1.23. The van der Waals surface area contributed by atoms with Gasteiger partial charge in [0.1, 0.15) is 17.6 Å². The molecule has 2 aliphatic rings. The van der Waals surface area contributed by atoms with E-state index < -0.39 is 17.8 Å². The number of carbonyl (C=O) groups excluding carboxylic acids is 2. The van der Waals surface area contributed by atoms with Crippen LogP contribution in [0.15, 0.2) is 28.1 Å². The molecule has 166 valence electrons. The molecule has 0 unspecified atom stereocenters. The van der Waals surface area contributed by atoms with Crippen LogP contribution in [-0.4, -0.2) is 41.2 Å². The fraction of sp³-hybridized carbons (Fsp3) is 0.421. The highest BCUT2D eigenvalue weighted by Gasteiger charge is 2.28. The van der Waals surface area contributed by atoms with E-state index in [1.807, 2.05) is 5.01 Å². The minimum atomic E-state index is -0.827. The quantitative estimate of drug-likeness (QED) is 0.389. The van der Waals surface area contributed by atoms with Crippen molar-refractivity contribution in [1.29, 1.82) is 0 Å². The van der Waals surface area contributed by atoms with E-state index in [1.54, 1.807) is 19.9 Å². The molecule has 0 spiro atoms. The van der Waals surface area contributed by atoms with E-state index in [9.17, 15) is 14.0 Å². The van der Waals surface area contributed by atoms with Crippen LogP contribution in [0.25, 0.3) is 6.08 Å². The van der Waals surface area contributed by atoms with E-state index in [0.29, 0.717) is 15.6 Å². The molecule has 1 aromatic rings. The summed E-state index contributed by atoms with van der Waals surface area (Å²) in [5.74, 6) is -1.69. The molecule has 0 aliphatic carbocycles. The first-order valence-electron chi connectivity index (χ1n) is 9.15. The van der Waals surface area contributed by atoms with Crippen molar-refractivity contribution in [2.45, 2.75) is 32.7 Å². The number of aliphatic imine (C=N–C) groups is 1. The van der Waals surface area contributed by atoms with Crippen LogP contribution in [-0.2, 0) is 9.59 Å². The first kappa shape index (κ1) is 26.4. The van der Waals surface area contributed by atoms with Gasteiger partial charge in [-0.2, -0.15) is 4.99 Å². The van der Waals surface area contributed by atoms with Crippen LogP contribution in [0.5, 0.6) is 5.75 Å². The normalized spacial score (nSPS) is 18.6. The van der Waals surface area contributed by atoms with Gasteiger partial charge in [0.05, 0.1) is 4.91 Å². The maximum atomic E-state index is 13.7. The van der Waals surface area contributed by atoms with Gasteiger partial charge in [0.25, 0.3) is 5.91 Å². The van der Waals surface area contributed by atoms with E-state index in [1.165, 1.54) is 23.9 Å². The van der Waals surface area contributed by atoms with Gasteiger partial charge in [-0.3, -0.25) is 9.80 Å². The number of amidine groups is 1. The number of thioether (sulfide) groups is 1. The topological polar surface area (TPSA) is 97.0 Å². The predicted octanol–water partition coefficient (Wildman–Crippen LogP) is 3.13. The highest BCUT2D eigenvalue weighted by molar-refractivity contribution is 8.18. The minimum absolute atomic E-state index is 0. The van der Waals surface area contributed by atoms with Gasteiger partial charge in [-0.15, -0.1) is 24.8 Å². The lowest BCUT2D eigenvalue weighted by Crippen LogP contribution is -2.45. The summed E-state index contributed by atoms with van der Waals surface area (Å²) in [5, 5.41) is 2.44. The number of carbonyl (C=O) groups is 2. The molecular formula is C19H25Cl2FN4O3S. The molecule has 0 aromatic heterocycles. The standard InChI is InChI=1S/C19H23FN4O3S.2ClH/c1-11(2)16(21)18(26)27-14-10-13(20)6-5-12(14)9-15-17(25)23-19(28-15)24-8-4-3-7-22-24;;/h5-6,9-11,16,22H,3-4,7-8,21H2,1-2H3;2*1H/b15-9+;;/t16-;;/m1../s1. The summed E-state index contributed by atoms with van der Waals surface area (Å²) in [6.45, 7) is 5.20. The average Bonchev–Trinajstić information content (AvgIpc) is 3.04. The van der Waals surface area contributed by atoms with E-state index in [-0.39, 0.29) is 42.4 Å². The van der Waals surface area contributed by atoms with Gasteiger partial charge >= 0.3 is 5.97 Å². The molecule has 1 fully saturated rings. The van der Waals surface area contributed by atoms with Crippen molar-refractivity contribution in [3.8, 4) is 5.75 Å². The van der Waals surface area contributed by atoms with Crippen LogP contribution in [0.4, 0.5) is 4.39 Å². The summed E-state index contributed by atoms with van der Waals surface area (Å²) in [6.07, 6.45) is 3.65. The number of hydrogen-bond acceptors (Lipinski definition) is 7. The van der Waals surface area contributed by atoms with Crippen molar-refractivity contribution in [2.24, 2.45) is 16.6 Å². The first-order valence-corrected chi connectivity index (χ1v) is 9.97. The molecule has 1 amide bonds. The predicted molar refractivity (Wildman–Crippen MR) is 121 cm³/mol. The number of halogens is 3. The molecule has 1 atom stereocenters. The summed E-state index contributed by atoms with van der Waals surface area (Å²) in [4.78, 5) is 28.9. The third-order valence-electron chi connectivity index (χ3n) is 4.41. The molecule has 7 nitrogen and oxygen atoms in total. The molecule has 0 radical (unpaired) electrons. The van der Waals surface area contributed by atoms with E-state index in [4.69, 9.17) is 10.5 Å². The second-order valence-electron chi connectivity index (χ2n) is 6.95. The number of ether oxygens (including phenoxy) is 1. The minimum Gasteiger partial charge on any atom is -0.425 e. The third-order valence-corrected chi connectivity index (χ3v) is 5.42. The molecule has 3 N–H and O–H groups in total. The molecule has 0 saturated carbocycles. The largest absolute Gasteiger partial charge is 0.425 e. The molecule has 1 saturated heterocycles. The number of hydrazine groups is 1. The van der Waals surface area contributed by atoms with Crippen LogP contribution in [0.1, 0.15) is 32.3 Å². The molecule has 30 heavy (non-hydrogen) atoms.